The number of epoxide rings is 1. The van der Waals surface area contributed by atoms with Gasteiger partial charge < -0.3 is 14.2 Å². The average molecular weight is 406 g/mol. The summed E-state index contributed by atoms with van der Waals surface area (Å²) >= 11 is 0. The van der Waals surface area contributed by atoms with Crippen molar-refractivity contribution in [3.8, 4) is 0 Å². The van der Waals surface area contributed by atoms with Crippen LogP contribution in [-0.4, -0.2) is 47.2 Å². The van der Waals surface area contributed by atoms with E-state index in [1.807, 2.05) is 32.9 Å². The SMILES string of the molecule is C=C1C(=O)OC2C1CC1OC1(C)CC(OO)C=C(C)CCC=C(C)C2OC(C)=O. The summed E-state index contributed by atoms with van der Waals surface area (Å²) in [7, 11) is 0. The molecule has 0 bridgehead atoms. The van der Waals surface area contributed by atoms with Crippen molar-refractivity contribution in [3.63, 3.8) is 0 Å². The van der Waals surface area contributed by atoms with Crippen molar-refractivity contribution in [2.24, 2.45) is 5.92 Å². The molecular weight excluding hydrogens is 376 g/mol. The highest BCUT2D eigenvalue weighted by molar-refractivity contribution is 5.91. The van der Waals surface area contributed by atoms with Crippen molar-refractivity contribution in [2.45, 2.75) is 83.4 Å². The van der Waals surface area contributed by atoms with Crippen LogP contribution in [-0.2, 0) is 28.7 Å². The Balaban J connectivity index is 1.94. The van der Waals surface area contributed by atoms with E-state index in [1.54, 1.807) is 0 Å². The van der Waals surface area contributed by atoms with Gasteiger partial charge in [-0.3, -0.25) is 10.1 Å². The van der Waals surface area contributed by atoms with E-state index in [0.29, 0.717) is 24.8 Å². The molecule has 29 heavy (non-hydrogen) atoms. The van der Waals surface area contributed by atoms with Crippen molar-refractivity contribution in [1.82, 2.24) is 0 Å². The molecule has 2 aliphatic heterocycles. The molecule has 1 N–H and O–H groups in total. The van der Waals surface area contributed by atoms with Gasteiger partial charge in [0.05, 0.1) is 11.7 Å². The fourth-order valence-corrected chi connectivity index (χ4v) is 4.35. The zero-order valence-corrected chi connectivity index (χ0v) is 17.5. The molecule has 0 aromatic carbocycles. The summed E-state index contributed by atoms with van der Waals surface area (Å²) in [6, 6.07) is 0. The van der Waals surface area contributed by atoms with Gasteiger partial charge in [-0.25, -0.2) is 9.68 Å². The third-order valence-corrected chi connectivity index (χ3v) is 6.11. The topological polar surface area (TPSA) is 94.6 Å². The molecule has 1 aliphatic carbocycles. The van der Waals surface area contributed by atoms with E-state index in [0.717, 1.165) is 17.6 Å². The van der Waals surface area contributed by atoms with Gasteiger partial charge >= 0.3 is 11.9 Å². The highest BCUT2D eigenvalue weighted by atomic mass is 17.1. The quantitative estimate of drug-likeness (QED) is 0.187. The van der Waals surface area contributed by atoms with E-state index in [4.69, 9.17) is 14.2 Å². The first-order chi connectivity index (χ1) is 13.6. The van der Waals surface area contributed by atoms with Crippen LogP contribution in [0, 0.1) is 5.92 Å². The summed E-state index contributed by atoms with van der Waals surface area (Å²) < 4.78 is 17.1. The predicted octanol–water partition coefficient (Wildman–Crippen LogP) is 3.50. The van der Waals surface area contributed by atoms with Crippen LogP contribution >= 0.6 is 0 Å². The summed E-state index contributed by atoms with van der Waals surface area (Å²) in [5.41, 5.74) is 1.80. The summed E-state index contributed by atoms with van der Waals surface area (Å²) in [6.45, 7) is 11.1. The van der Waals surface area contributed by atoms with Gasteiger partial charge in [-0.2, -0.15) is 0 Å². The van der Waals surface area contributed by atoms with Crippen molar-refractivity contribution in [2.75, 3.05) is 0 Å². The van der Waals surface area contributed by atoms with Crippen LogP contribution in [0.25, 0.3) is 0 Å². The molecule has 6 unspecified atom stereocenters. The zero-order valence-electron chi connectivity index (χ0n) is 17.5. The number of hydrogen-bond acceptors (Lipinski definition) is 7. The summed E-state index contributed by atoms with van der Waals surface area (Å²) in [4.78, 5) is 28.7. The second kappa shape index (κ2) is 8.42. The molecule has 160 valence electrons. The molecule has 6 atom stereocenters. The fourth-order valence-electron chi connectivity index (χ4n) is 4.35. The Kier molecular flexibility index (Phi) is 6.31. The average Bonchev–Trinajstić information content (AvgIpc) is 3.19. The Morgan fingerprint density at radius 2 is 2.10 bits per heavy atom. The summed E-state index contributed by atoms with van der Waals surface area (Å²) in [6.07, 6.45) is 4.48. The molecule has 7 nitrogen and oxygen atoms in total. The highest BCUT2D eigenvalue weighted by Gasteiger charge is 2.57. The normalized spacial score (nSPS) is 38.0. The number of hydrogen-bond donors (Lipinski definition) is 1. The minimum Gasteiger partial charge on any atom is -0.454 e. The van der Waals surface area contributed by atoms with Crippen molar-refractivity contribution >= 4 is 11.9 Å². The van der Waals surface area contributed by atoms with Gasteiger partial charge in [-0.05, 0) is 45.6 Å². The third-order valence-electron chi connectivity index (χ3n) is 6.11. The molecular formula is C22H30O7. The summed E-state index contributed by atoms with van der Waals surface area (Å²) in [5, 5.41) is 9.31. The van der Waals surface area contributed by atoms with Crippen LogP contribution < -0.4 is 0 Å². The zero-order chi connectivity index (χ0) is 21.3. The Hall–Kier alpha value is -1.96. The number of ether oxygens (including phenoxy) is 3. The standard InChI is InChI=1S/C22H30O7/c1-12-7-6-8-13(2)19(26-15(4)23)20-17(14(3)21(24)27-20)10-18-22(5,28-18)11-16(9-12)29-25/h8-9,16-20,25H,3,6-7,10-11H2,1-2,4-5H3. The minimum atomic E-state index is -0.661. The van der Waals surface area contributed by atoms with E-state index in [2.05, 4.69) is 11.5 Å². The monoisotopic (exact) mass is 406 g/mol. The number of allylic oxidation sites excluding steroid dienone is 2. The van der Waals surface area contributed by atoms with Crippen LogP contribution in [0.4, 0.5) is 0 Å². The first kappa shape index (κ1) is 21.7. The number of carbonyl (C=O) groups is 2. The first-order valence-corrected chi connectivity index (χ1v) is 10.0. The lowest BCUT2D eigenvalue weighted by Gasteiger charge is -2.27. The lowest BCUT2D eigenvalue weighted by molar-refractivity contribution is -0.269. The maximum atomic E-state index is 12.3. The Morgan fingerprint density at radius 1 is 1.38 bits per heavy atom. The predicted molar refractivity (Wildman–Crippen MR) is 105 cm³/mol. The Labute approximate surface area is 171 Å². The van der Waals surface area contributed by atoms with Crippen LogP contribution in [0.5, 0.6) is 0 Å². The van der Waals surface area contributed by atoms with Gasteiger partial charge in [-0.1, -0.05) is 24.3 Å². The van der Waals surface area contributed by atoms with Gasteiger partial charge in [0.25, 0.3) is 0 Å². The smallest absolute Gasteiger partial charge is 0.334 e. The number of rotatable bonds is 2. The van der Waals surface area contributed by atoms with E-state index in [-0.39, 0.29) is 12.0 Å². The van der Waals surface area contributed by atoms with E-state index < -0.39 is 35.9 Å². The Bertz CT molecular complexity index is 752. The van der Waals surface area contributed by atoms with Crippen LogP contribution in [0.2, 0.25) is 0 Å². The third kappa shape index (κ3) is 4.79. The van der Waals surface area contributed by atoms with Gasteiger partial charge in [-0.15, -0.1) is 0 Å². The molecule has 3 aliphatic rings. The first-order valence-electron chi connectivity index (χ1n) is 10.0. The second-order valence-corrected chi connectivity index (χ2v) is 8.53. The highest BCUT2D eigenvalue weighted by Crippen LogP contribution is 2.48. The maximum absolute atomic E-state index is 12.3. The van der Waals surface area contributed by atoms with Gasteiger partial charge in [0.2, 0.25) is 0 Å². The van der Waals surface area contributed by atoms with Gasteiger partial charge in [0.1, 0.15) is 12.2 Å². The lowest BCUT2D eigenvalue weighted by atomic mass is 9.83. The summed E-state index contributed by atoms with van der Waals surface area (Å²) in [5.74, 6) is -1.22. The van der Waals surface area contributed by atoms with Crippen LogP contribution in [0.1, 0.15) is 53.4 Å². The van der Waals surface area contributed by atoms with Crippen LogP contribution in [0.15, 0.2) is 35.5 Å². The molecule has 0 amide bonds. The lowest BCUT2D eigenvalue weighted by Crippen LogP contribution is -2.37. The molecule has 3 rings (SSSR count). The maximum Gasteiger partial charge on any atom is 0.334 e. The molecule has 7 heteroatoms. The second-order valence-electron chi connectivity index (χ2n) is 8.53. The molecule has 0 spiro atoms. The molecule has 2 fully saturated rings. The number of esters is 2. The molecule has 0 saturated carbocycles. The molecule has 2 saturated heterocycles. The van der Waals surface area contributed by atoms with E-state index in [1.165, 1.54) is 6.92 Å². The van der Waals surface area contributed by atoms with Crippen molar-refractivity contribution < 1.29 is 33.9 Å². The largest absolute Gasteiger partial charge is 0.454 e. The van der Waals surface area contributed by atoms with Crippen LogP contribution in [0.3, 0.4) is 0 Å². The van der Waals surface area contributed by atoms with Crippen molar-refractivity contribution in [1.29, 1.82) is 0 Å². The molecule has 0 aromatic rings. The molecule has 2 heterocycles. The van der Waals surface area contributed by atoms with Crippen molar-refractivity contribution in [3.05, 3.63) is 35.5 Å². The van der Waals surface area contributed by atoms with Gasteiger partial charge in [0.15, 0.2) is 6.10 Å². The fraction of sp³-hybridized carbons (Fsp3) is 0.636. The van der Waals surface area contributed by atoms with Gasteiger partial charge in [0, 0.05) is 24.8 Å². The Morgan fingerprint density at radius 3 is 2.76 bits per heavy atom. The molecule has 0 radical (unpaired) electrons. The van der Waals surface area contributed by atoms with E-state index >= 15 is 0 Å². The van der Waals surface area contributed by atoms with E-state index in [9.17, 15) is 14.8 Å². The molecule has 0 aromatic heterocycles. The minimum absolute atomic E-state index is 0.141. The number of carbonyl (C=O) groups excluding carboxylic acids is 2. The number of fused-ring (bicyclic) bond motifs is 2.